The second-order valence-corrected chi connectivity index (χ2v) is 3.00. The van der Waals surface area contributed by atoms with E-state index in [9.17, 15) is 0 Å². The second-order valence-electron chi connectivity index (χ2n) is 1.96. The van der Waals surface area contributed by atoms with Crippen molar-refractivity contribution in [2.24, 2.45) is 5.84 Å². The molecule has 0 aliphatic heterocycles. The summed E-state index contributed by atoms with van der Waals surface area (Å²) in [4.78, 5) is 7.98. The van der Waals surface area contributed by atoms with Gasteiger partial charge in [0, 0.05) is 11.9 Å². The van der Waals surface area contributed by atoms with E-state index in [1.165, 1.54) is 0 Å². The monoisotopic (exact) mass is 182 g/mol. The zero-order valence-electron chi connectivity index (χ0n) is 6.53. The minimum atomic E-state index is 0.434. The number of rotatable bonds is 4. The van der Waals surface area contributed by atoms with Gasteiger partial charge in [-0.3, -0.25) is 5.43 Å². The second kappa shape index (κ2) is 4.74. The van der Waals surface area contributed by atoms with Gasteiger partial charge in [-0.2, -0.15) is 0 Å². The third kappa shape index (κ3) is 2.52. The van der Waals surface area contributed by atoms with Crippen molar-refractivity contribution in [1.29, 1.82) is 0 Å². The lowest BCUT2D eigenvalue weighted by Crippen LogP contribution is -2.10. The van der Waals surface area contributed by atoms with Gasteiger partial charge in [0.2, 0.25) is 5.95 Å². The molecule has 5 heteroatoms. The number of nitrogen functional groups attached to an aromatic ring is 1. The molecule has 0 aliphatic carbocycles. The molecule has 0 atom stereocenters. The topological polar surface area (TPSA) is 63.8 Å². The van der Waals surface area contributed by atoms with E-state index in [1.54, 1.807) is 18.0 Å². The zero-order chi connectivity index (χ0) is 8.81. The van der Waals surface area contributed by atoms with Crippen LogP contribution in [0.4, 0.5) is 5.95 Å². The van der Waals surface area contributed by atoms with Crippen LogP contribution in [0.1, 0.15) is 0 Å². The average Bonchev–Trinajstić information content (AvgIpc) is 2.15. The summed E-state index contributed by atoms with van der Waals surface area (Å²) in [5, 5.41) is 0.887. The predicted molar refractivity (Wildman–Crippen MR) is 50.8 cm³/mol. The molecule has 0 amide bonds. The highest BCUT2D eigenvalue weighted by molar-refractivity contribution is 7.99. The quantitative estimate of drug-likeness (QED) is 0.239. The van der Waals surface area contributed by atoms with Crippen LogP contribution < -0.4 is 11.3 Å². The van der Waals surface area contributed by atoms with Crippen LogP contribution in [0.25, 0.3) is 0 Å². The summed E-state index contributed by atoms with van der Waals surface area (Å²) in [7, 11) is 0. The molecule has 3 N–H and O–H groups in total. The smallest absolute Gasteiger partial charge is 0.238 e. The SMILES string of the molecule is C=CCSc1ccnc(NN)n1. The Morgan fingerprint density at radius 2 is 2.58 bits per heavy atom. The van der Waals surface area contributed by atoms with Crippen molar-refractivity contribution >= 4 is 17.7 Å². The molecule has 1 rings (SSSR count). The molecule has 4 nitrogen and oxygen atoms in total. The zero-order valence-corrected chi connectivity index (χ0v) is 7.34. The van der Waals surface area contributed by atoms with Crippen LogP contribution in [0.2, 0.25) is 0 Å². The van der Waals surface area contributed by atoms with Crippen LogP contribution in [-0.4, -0.2) is 15.7 Å². The molecule has 64 valence electrons. The summed E-state index contributed by atoms with van der Waals surface area (Å²) in [6, 6.07) is 1.83. The highest BCUT2D eigenvalue weighted by atomic mass is 32.2. The van der Waals surface area contributed by atoms with Crippen molar-refractivity contribution in [2.45, 2.75) is 5.03 Å². The van der Waals surface area contributed by atoms with E-state index in [2.05, 4.69) is 22.0 Å². The first-order chi connectivity index (χ1) is 5.86. The summed E-state index contributed by atoms with van der Waals surface area (Å²) in [5.41, 5.74) is 2.38. The molecule has 0 aromatic carbocycles. The lowest BCUT2D eigenvalue weighted by molar-refractivity contribution is 1.03. The number of aromatic nitrogens is 2. The molecule has 1 aromatic heterocycles. The van der Waals surface area contributed by atoms with E-state index in [1.807, 2.05) is 12.1 Å². The van der Waals surface area contributed by atoms with Crippen LogP contribution in [-0.2, 0) is 0 Å². The van der Waals surface area contributed by atoms with Crippen molar-refractivity contribution in [1.82, 2.24) is 9.97 Å². The molecular weight excluding hydrogens is 172 g/mol. The van der Waals surface area contributed by atoms with Crippen LogP contribution in [0.5, 0.6) is 0 Å². The Morgan fingerprint density at radius 1 is 1.75 bits per heavy atom. The largest absolute Gasteiger partial charge is 0.292 e. The molecule has 1 heterocycles. The maximum atomic E-state index is 5.14. The summed E-state index contributed by atoms with van der Waals surface area (Å²) in [6.45, 7) is 3.61. The maximum Gasteiger partial charge on any atom is 0.238 e. The van der Waals surface area contributed by atoms with E-state index in [4.69, 9.17) is 5.84 Å². The van der Waals surface area contributed by atoms with Crippen molar-refractivity contribution in [2.75, 3.05) is 11.2 Å². The van der Waals surface area contributed by atoms with E-state index in [0.717, 1.165) is 10.8 Å². The van der Waals surface area contributed by atoms with E-state index >= 15 is 0 Å². The molecule has 0 unspecified atom stereocenters. The van der Waals surface area contributed by atoms with Crippen LogP contribution in [0.3, 0.4) is 0 Å². The molecule has 0 saturated heterocycles. The minimum absolute atomic E-state index is 0.434. The van der Waals surface area contributed by atoms with Crippen molar-refractivity contribution < 1.29 is 0 Å². The van der Waals surface area contributed by atoms with Crippen LogP contribution >= 0.6 is 11.8 Å². The number of hydrogen-bond donors (Lipinski definition) is 2. The molecule has 1 aromatic rings. The van der Waals surface area contributed by atoms with Gasteiger partial charge < -0.3 is 0 Å². The van der Waals surface area contributed by atoms with Crippen molar-refractivity contribution in [3.63, 3.8) is 0 Å². The number of nitrogens with one attached hydrogen (secondary N) is 1. The number of nitrogens with two attached hydrogens (primary N) is 1. The van der Waals surface area contributed by atoms with Gasteiger partial charge in [0.05, 0.1) is 0 Å². The fraction of sp³-hybridized carbons (Fsp3) is 0.143. The average molecular weight is 182 g/mol. The van der Waals surface area contributed by atoms with Gasteiger partial charge in [-0.25, -0.2) is 15.8 Å². The van der Waals surface area contributed by atoms with Gasteiger partial charge in [-0.05, 0) is 6.07 Å². The Morgan fingerprint density at radius 3 is 3.25 bits per heavy atom. The van der Waals surface area contributed by atoms with Crippen LogP contribution in [0, 0.1) is 0 Å². The first-order valence-electron chi connectivity index (χ1n) is 3.40. The number of anilines is 1. The Kier molecular flexibility index (Phi) is 3.56. The number of thioether (sulfide) groups is 1. The van der Waals surface area contributed by atoms with E-state index in [-0.39, 0.29) is 0 Å². The molecule has 0 radical (unpaired) electrons. The summed E-state index contributed by atoms with van der Waals surface area (Å²) >= 11 is 1.59. The molecule has 0 saturated carbocycles. The normalized spacial score (nSPS) is 9.42. The molecule has 12 heavy (non-hydrogen) atoms. The van der Waals surface area contributed by atoms with Crippen molar-refractivity contribution in [3.05, 3.63) is 24.9 Å². The third-order valence-electron chi connectivity index (χ3n) is 1.11. The lowest BCUT2D eigenvalue weighted by Gasteiger charge is -1.99. The first kappa shape index (κ1) is 9.02. The fourth-order valence-electron chi connectivity index (χ4n) is 0.636. The molecule has 0 fully saturated rings. The highest BCUT2D eigenvalue weighted by Gasteiger charge is 1.95. The summed E-state index contributed by atoms with van der Waals surface area (Å²) in [5.74, 6) is 6.41. The number of hydrogen-bond acceptors (Lipinski definition) is 5. The lowest BCUT2D eigenvalue weighted by atomic mass is 10.7. The fourth-order valence-corrected chi connectivity index (χ4v) is 1.23. The maximum absolute atomic E-state index is 5.14. The van der Waals surface area contributed by atoms with E-state index < -0.39 is 0 Å². The minimum Gasteiger partial charge on any atom is -0.292 e. The molecular formula is C7H10N4S. The molecule has 0 spiro atoms. The summed E-state index contributed by atoms with van der Waals surface area (Å²) < 4.78 is 0. The van der Waals surface area contributed by atoms with Gasteiger partial charge in [-0.1, -0.05) is 6.08 Å². The Hall–Kier alpha value is -1.07. The Labute approximate surface area is 75.3 Å². The Balaban J connectivity index is 2.65. The van der Waals surface area contributed by atoms with Gasteiger partial charge >= 0.3 is 0 Å². The van der Waals surface area contributed by atoms with Gasteiger partial charge in [0.15, 0.2) is 0 Å². The number of hydrazine groups is 1. The summed E-state index contributed by atoms with van der Waals surface area (Å²) in [6.07, 6.45) is 3.48. The van der Waals surface area contributed by atoms with E-state index in [0.29, 0.717) is 5.95 Å². The first-order valence-corrected chi connectivity index (χ1v) is 4.38. The van der Waals surface area contributed by atoms with Crippen molar-refractivity contribution in [3.8, 4) is 0 Å². The van der Waals surface area contributed by atoms with Crippen LogP contribution in [0.15, 0.2) is 29.9 Å². The number of nitrogens with zero attached hydrogens (tertiary/aromatic N) is 2. The third-order valence-corrected chi connectivity index (χ3v) is 2.03. The Bertz CT molecular complexity index is 263. The highest BCUT2D eigenvalue weighted by Crippen LogP contribution is 2.14. The van der Waals surface area contributed by atoms with Gasteiger partial charge in [0.1, 0.15) is 5.03 Å². The molecule has 0 bridgehead atoms. The van der Waals surface area contributed by atoms with Gasteiger partial charge in [0.25, 0.3) is 0 Å². The predicted octanol–water partition coefficient (Wildman–Crippen LogP) is 1.04. The standard InChI is InChI=1S/C7H10N4S/c1-2-5-12-6-3-4-9-7(10-6)11-8/h2-4H,1,5,8H2,(H,9,10,11). The molecule has 0 aliphatic rings. The van der Waals surface area contributed by atoms with Gasteiger partial charge in [-0.15, -0.1) is 18.3 Å².